The number of benzene rings is 1. The molecule has 0 spiro atoms. The summed E-state index contributed by atoms with van der Waals surface area (Å²) >= 11 is 1.35. The van der Waals surface area contributed by atoms with Crippen LogP contribution in [0.4, 0.5) is 5.69 Å². The second-order valence-corrected chi connectivity index (χ2v) is 8.45. The molecule has 2 N–H and O–H groups in total. The molecule has 1 fully saturated rings. The molecule has 28 heavy (non-hydrogen) atoms. The number of hydrogen-bond donors (Lipinski definition) is 1. The fraction of sp³-hybridized carbons (Fsp3) is 0.526. The highest BCUT2D eigenvalue weighted by Gasteiger charge is 2.26. The second kappa shape index (κ2) is 8.83. The first-order chi connectivity index (χ1) is 13.4. The lowest BCUT2D eigenvalue weighted by Gasteiger charge is -2.35. The van der Waals surface area contributed by atoms with E-state index in [9.17, 15) is 4.79 Å². The van der Waals surface area contributed by atoms with Gasteiger partial charge in [-0.3, -0.25) is 4.79 Å². The zero-order valence-corrected chi connectivity index (χ0v) is 17.8. The van der Waals surface area contributed by atoms with Gasteiger partial charge in [-0.1, -0.05) is 30.8 Å². The predicted molar refractivity (Wildman–Crippen MR) is 114 cm³/mol. The SMILES string of the molecule is CCN1CCN(C(=O)C(C)Sc2nnc(-c3cccc(N(C)C)c3)n2N)CC1. The molecule has 1 aromatic heterocycles. The lowest BCUT2D eigenvalue weighted by Crippen LogP contribution is -2.50. The Bertz CT molecular complexity index is 814. The molecule has 152 valence electrons. The van der Waals surface area contributed by atoms with E-state index in [0.717, 1.165) is 44.0 Å². The van der Waals surface area contributed by atoms with Crippen molar-refractivity contribution in [2.24, 2.45) is 0 Å². The van der Waals surface area contributed by atoms with Crippen LogP contribution in [-0.4, -0.2) is 82.6 Å². The third-order valence-corrected chi connectivity index (χ3v) is 6.09. The molecule has 1 atom stereocenters. The van der Waals surface area contributed by atoms with Crippen LogP contribution in [0.1, 0.15) is 13.8 Å². The first-order valence-electron chi connectivity index (χ1n) is 9.56. The lowest BCUT2D eigenvalue weighted by molar-refractivity contribution is -0.132. The smallest absolute Gasteiger partial charge is 0.235 e. The maximum absolute atomic E-state index is 12.8. The van der Waals surface area contributed by atoms with Gasteiger partial charge in [0, 0.05) is 51.5 Å². The number of nitrogen functional groups attached to an aromatic ring is 1. The summed E-state index contributed by atoms with van der Waals surface area (Å²) in [4.78, 5) is 19.1. The molecular formula is C19H29N7OS. The van der Waals surface area contributed by atoms with Gasteiger partial charge in [0.1, 0.15) is 0 Å². The van der Waals surface area contributed by atoms with Crippen molar-refractivity contribution in [3.8, 4) is 11.4 Å². The molecule has 1 aliphatic heterocycles. The van der Waals surface area contributed by atoms with Crippen LogP contribution in [0.2, 0.25) is 0 Å². The average Bonchev–Trinajstić information content (AvgIpc) is 3.07. The Morgan fingerprint density at radius 1 is 1.25 bits per heavy atom. The number of hydrogen-bond acceptors (Lipinski definition) is 7. The van der Waals surface area contributed by atoms with Gasteiger partial charge >= 0.3 is 0 Å². The van der Waals surface area contributed by atoms with Gasteiger partial charge in [-0.25, -0.2) is 4.68 Å². The highest BCUT2D eigenvalue weighted by Crippen LogP contribution is 2.27. The van der Waals surface area contributed by atoms with Crippen molar-refractivity contribution in [3.05, 3.63) is 24.3 Å². The van der Waals surface area contributed by atoms with Crippen molar-refractivity contribution < 1.29 is 4.79 Å². The van der Waals surface area contributed by atoms with Crippen molar-refractivity contribution in [3.63, 3.8) is 0 Å². The quantitative estimate of drug-likeness (QED) is 0.576. The third-order valence-electron chi connectivity index (χ3n) is 5.05. The van der Waals surface area contributed by atoms with Crippen molar-refractivity contribution in [1.82, 2.24) is 24.7 Å². The second-order valence-electron chi connectivity index (χ2n) is 7.14. The number of nitrogens with zero attached hydrogens (tertiary/aromatic N) is 6. The Kier molecular flexibility index (Phi) is 6.46. The monoisotopic (exact) mass is 403 g/mol. The van der Waals surface area contributed by atoms with Crippen LogP contribution in [-0.2, 0) is 4.79 Å². The molecule has 0 radical (unpaired) electrons. The van der Waals surface area contributed by atoms with Crippen molar-refractivity contribution in [1.29, 1.82) is 0 Å². The zero-order valence-electron chi connectivity index (χ0n) is 17.0. The van der Waals surface area contributed by atoms with E-state index in [1.54, 1.807) is 0 Å². The number of amides is 1. The first kappa shape index (κ1) is 20.5. The number of anilines is 1. The minimum atomic E-state index is -0.263. The van der Waals surface area contributed by atoms with Crippen LogP contribution >= 0.6 is 11.8 Å². The van der Waals surface area contributed by atoms with E-state index in [2.05, 4.69) is 22.0 Å². The number of carbonyl (C=O) groups is 1. The maximum Gasteiger partial charge on any atom is 0.235 e. The molecule has 2 aromatic rings. The molecule has 0 bridgehead atoms. The molecule has 1 unspecified atom stereocenters. The van der Waals surface area contributed by atoms with Crippen LogP contribution in [0.25, 0.3) is 11.4 Å². The van der Waals surface area contributed by atoms with Crippen molar-refractivity contribution in [2.45, 2.75) is 24.3 Å². The molecule has 1 saturated heterocycles. The highest BCUT2D eigenvalue weighted by molar-refractivity contribution is 8.00. The molecule has 0 saturated carbocycles. The molecule has 1 aliphatic rings. The van der Waals surface area contributed by atoms with E-state index in [1.807, 2.05) is 55.1 Å². The van der Waals surface area contributed by atoms with E-state index in [0.29, 0.717) is 11.0 Å². The molecule has 3 rings (SSSR count). The summed E-state index contributed by atoms with van der Waals surface area (Å²) in [5.41, 5.74) is 1.95. The molecule has 1 aromatic carbocycles. The number of rotatable bonds is 6. The Morgan fingerprint density at radius 2 is 1.96 bits per heavy atom. The van der Waals surface area contributed by atoms with E-state index in [-0.39, 0.29) is 11.2 Å². The fourth-order valence-electron chi connectivity index (χ4n) is 3.23. The summed E-state index contributed by atoms with van der Waals surface area (Å²) in [6.07, 6.45) is 0. The Hall–Kier alpha value is -2.26. The largest absolute Gasteiger partial charge is 0.378 e. The van der Waals surface area contributed by atoms with Crippen molar-refractivity contribution in [2.75, 3.05) is 57.6 Å². The van der Waals surface area contributed by atoms with E-state index < -0.39 is 0 Å². The number of piperazine rings is 1. The van der Waals surface area contributed by atoms with E-state index >= 15 is 0 Å². The third kappa shape index (κ3) is 4.41. The minimum Gasteiger partial charge on any atom is -0.378 e. The van der Waals surface area contributed by atoms with Gasteiger partial charge in [-0.05, 0) is 25.6 Å². The summed E-state index contributed by atoms with van der Waals surface area (Å²) in [6, 6.07) is 7.96. The summed E-state index contributed by atoms with van der Waals surface area (Å²) in [7, 11) is 3.97. The first-order valence-corrected chi connectivity index (χ1v) is 10.4. The molecule has 0 aliphatic carbocycles. The maximum atomic E-state index is 12.8. The summed E-state index contributed by atoms with van der Waals surface area (Å²) < 4.78 is 1.47. The van der Waals surface area contributed by atoms with Crippen LogP contribution in [0.5, 0.6) is 0 Å². The van der Waals surface area contributed by atoms with Crippen LogP contribution < -0.4 is 10.7 Å². The average molecular weight is 404 g/mol. The number of aromatic nitrogens is 3. The van der Waals surface area contributed by atoms with Crippen molar-refractivity contribution >= 4 is 23.4 Å². The molecule has 2 heterocycles. The summed E-state index contributed by atoms with van der Waals surface area (Å²) in [5.74, 6) is 6.96. The predicted octanol–water partition coefficient (Wildman–Crippen LogP) is 1.37. The molecule has 1 amide bonds. The number of likely N-dealkylation sites (N-methyl/N-ethyl adjacent to an activating group) is 1. The fourth-order valence-corrected chi connectivity index (χ4v) is 4.08. The summed E-state index contributed by atoms with van der Waals surface area (Å²) in [5, 5.41) is 8.74. The zero-order chi connectivity index (χ0) is 20.3. The Balaban J connectivity index is 1.68. The lowest BCUT2D eigenvalue weighted by atomic mass is 10.2. The topological polar surface area (TPSA) is 83.5 Å². The Labute approximate surface area is 170 Å². The minimum absolute atomic E-state index is 0.125. The molecule has 9 heteroatoms. The number of carbonyl (C=O) groups excluding carboxylic acids is 1. The van der Waals surface area contributed by atoms with Gasteiger partial charge in [-0.15, -0.1) is 10.2 Å². The van der Waals surface area contributed by atoms with Gasteiger partial charge in [0.05, 0.1) is 5.25 Å². The van der Waals surface area contributed by atoms with Crippen LogP contribution in [0, 0.1) is 0 Å². The Morgan fingerprint density at radius 3 is 2.61 bits per heavy atom. The summed E-state index contributed by atoms with van der Waals surface area (Å²) in [6.45, 7) is 8.49. The number of nitrogens with two attached hydrogens (primary N) is 1. The van der Waals surface area contributed by atoms with Gasteiger partial charge < -0.3 is 20.5 Å². The van der Waals surface area contributed by atoms with Gasteiger partial charge in [-0.2, -0.15) is 0 Å². The van der Waals surface area contributed by atoms with Crippen LogP contribution in [0.3, 0.4) is 0 Å². The number of thioether (sulfide) groups is 1. The van der Waals surface area contributed by atoms with Gasteiger partial charge in [0.2, 0.25) is 11.1 Å². The van der Waals surface area contributed by atoms with Gasteiger partial charge in [0.25, 0.3) is 0 Å². The van der Waals surface area contributed by atoms with E-state index in [1.165, 1.54) is 16.4 Å². The van der Waals surface area contributed by atoms with E-state index in [4.69, 9.17) is 5.84 Å². The molecule has 8 nitrogen and oxygen atoms in total. The van der Waals surface area contributed by atoms with Gasteiger partial charge in [0.15, 0.2) is 5.82 Å². The standard InChI is InChI=1S/C19H29N7OS/c1-5-24-9-11-25(12-10-24)18(27)14(2)28-19-22-21-17(26(19)20)15-7-6-8-16(13-15)23(3)4/h6-8,13-14H,5,9-12,20H2,1-4H3. The van der Waals surface area contributed by atoms with Crippen LogP contribution in [0.15, 0.2) is 29.4 Å². The normalized spacial score (nSPS) is 16.2. The highest BCUT2D eigenvalue weighted by atomic mass is 32.2. The molecular weight excluding hydrogens is 374 g/mol.